The van der Waals surface area contributed by atoms with E-state index in [2.05, 4.69) is 17.1 Å². The highest BCUT2D eigenvalue weighted by Gasteiger charge is 2.30. The molecule has 2 heteroatoms. The van der Waals surface area contributed by atoms with Crippen molar-refractivity contribution in [3.63, 3.8) is 0 Å². The van der Waals surface area contributed by atoms with Gasteiger partial charge < -0.3 is 5.32 Å². The van der Waals surface area contributed by atoms with E-state index in [0.717, 1.165) is 12.0 Å². The minimum Gasteiger partial charge on any atom is -0.313 e. The number of nitrogens with one attached hydrogen (secondary N) is 1. The maximum Gasteiger partial charge on any atom is 0.0116 e. The van der Waals surface area contributed by atoms with E-state index in [9.17, 15) is 0 Å². The van der Waals surface area contributed by atoms with Gasteiger partial charge in [-0.3, -0.25) is 0 Å². The lowest BCUT2D eigenvalue weighted by Gasteiger charge is -2.36. The highest BCUT2D eigenvalue weighted by Crippen LogP contribution is 2.27. The van der Waals surface area contributed by atoms with Gasteiger partial charge in [0.05, 0.1) is 0 Å². The van der Waals surface area contributed by atoms with Gasteiger partial charge in [-0.1, -0.05) is 0 Å². The van der Waals surface area contributed by atoms with Gasteiger partial charge in [0.15, 0.2) is 0 Å². The van der Waals surface area contributed by atoms with Crippen LogP contribution in [0.15, 0.2) is 0 Å². The zero-order valence-electron chi connectivity index (χ0n) is 5.60. The van der Waals surface area contributed by atoms with Crippen LogP contribution in [-0.2, 0) is 0 Å². The van der Waals surface area contributed by atoms with Crippen molar-refractivity contribution in [2.24, 2.45) is 5.92 Å². The van der Waals surface area contributed by atoms with Crippen molar-refractivity contribution in [2.75, 3.05) is 18.1 Å². The fourth-order valence-corrected chi connectivity index (χ4v) is 2.73. The quantitative estimate of drug-likeness (QED) is 0.545. The molecule has 2 saturated heterocycles. The average Bonchev–Trinajstić information content (AvgIpc) is 1.94. The first kappa shape index (κ1) is 6.05. The third-order valence-corrected chi connectivity index (χ3v) is 3.47. The number of fused-ring (bicyclic) bond motifs is 1. The molecule has 2 atom stereocenters. The Bertz CT molecular complexity index is 93.1. The third-order valence-electron chi connectivity index (χ3n) is 2.42. The van der Waals surface area contributed by atoms with Crippen LogP contribution >= 0.6 is 11.8 Å². The van der Waals surface area contributed by atoms with Crippen LogP contribution in [0.25, 0.3) is 0 Å². The number of thioether (sulfide) groups is 1. The molecule has 0 saturated carbocycles. The van der Waals surface area contributed by atoms with Crippen molar-refractivity contribution in [2.45, 2.75) is 18.9 Å². The van der Waals surface area contributed by atoms with Crippen molar-refractivity contribution in [1.82, 2.24) is 5.32 Å². The molecule has 2 heterocycles. The molecule has 2 unspecified atom stereocenters. The van der Waals surface area contributed by atoms with Crippen LogP contribution < -0.4 is 5.32 Å². The van der Waals surface area contributed by atoms with Gasteiger partial charge in [-0.2, -0.15) is 11.8 Å². The van der Waals surface area contributed by atoms with Gasteiger partial charge in [-0.15, -0.1) is 0 Å². The maximum absolute atomic E-state index is 3.47. The molecule has 1 nitrogen and oxygen atoms in total. The molecule has 0 aromatic carbocycles. The summed E-state index contributed by atoms with van der Waals surface area (Å²) < 4.78 is 0. The van der Waals surface area contributed by atoms with E-state index in [1.54, 1.807) is 0 Å². The first-order chi connectivity index (χ1) is 4.47. The van der Waals surface area contributed by atoms with E-state index in [0.29, 0.717) is 0 Å². The first-order valence-corrected chi connectivity index (χ1v) is 4.93. The molecule has 52 valence electrons. The van der Waals surface area contributed by atoms with Gasteiger partial charge in [0.2, 0.25) is 0 Å². The average molecular weight is 143 g/mol. The van der Waals surface area contributed by atoms with Crippen LogP contribution in [0, 0.1) is 5.92 Å². The third kappa shape index (κ3) is 1.10. The summed E-state index contributed by atoms with van der Waals surface area (Å²) in [5.41, 5.74) is 0. The van der Waals surface area contributed by atoms with Crippen LogP contribution in [0.1, 0.15) is 12.8 Å². The lowest BCUT2D eigenvalue weighted by Crippen LogP contribution is -2.52. The number of hydrogen-bond acceptors (Lipinski definition) is 2. The Morgan fingerprint density at radius 2 is 2.11 bits per heavy atom. The van der Waals surface area contributed by atoms with Crippen LogP contribution in [0.5, 0.6) is 0 Å². The minimum absolute atomic E-state index is 0.903. The minimum atomic E-state index is 0.903. The lowest BCUT2D eigenvalue weighted by atomic mass is 9.88. The monoisotopic (exact) mass is 143 g/mol. The zero-order valence-corrected chi connectivity index (χ0v) is 6.41. The molecule has 1 N–H and O–H groups in total. The molecule has 0 aromatic heterocycles. The maximum atomic E-state index is 3.47. The van der Waals surface area contributed by atoms with E-state index in [4.69, 9.17) is 0 Å². The second-order valence-electron chi connectivity index (χ2n) is 2.96. The largest absolute Gasteiger partial charge is 0.313 e. The van der Waals surface area contributed by atoms with Gasteiger partial charge in [0.1, 0.15) is 0 Å². The lowest BCUT2D eigenvalue weighted by molar-refractivity contribution is 0.226. The van der Waals surface area contributed by atoms with E-state index >= 15 is 0 Å². The van der Waals surface area contributed by atoms with Gasteiger partial charge in [-0.05, 0) is 36.8 Å². The summed E-state index contributed by atoms with van der Waals surface area (Å²) in [6, 6.07) is 0.903. The van der Waals surface area contributed by atoms with Crippen molar-refractivity contribution < 1.29 is 0 Å². The second kappa shape index (κ2) is 2.51. The van der Waals surface area contributed by atoms with Crippen LogP contribution in [-0.4, -0.2) is 24.1 Å². The standard InChI is InChI=1S/C7H13NS/c1-3-9-4-2-7-6(1)5-8-7/h6-8H,1-5H2. The molecule has 2 aliphatic heterocycles. The molecular weight excluding hydrogens is 130 g/mol. The predicted molar refractivity (Wildman–Crippen MR) is 41.8 cm³/mol. The second-order valence-corrected chi connectivity index (χ2v) is 4.19. The highest BCUT2D eigenvalue weighted by molar-refractivity contribution is 7.99. The zero-order chi connectivity index (χ0) is 6.10. The summed E-state index contributed by atoms with van der Waals surface area (Å²) in [5.74, 6) is 3.83. The van der Waals surface area contributed by atoms with Gasteiger partial charge in [0.25, 0.3) is 0 Å². The summed E-state index contributed by atoms with van der Waals surface area (Å²) >= 11 is 2.12. The normalized spacial score (nSPS) is 42.7. The van der Waals surface area contributed by atoms with Crippen molar-refractivity contribution in [3.05, 3.63) is 0 Å². The predicted octanol–water partition coefficient (Wildman–Crippen LogP) is 1.10. The van der Waals surface area contributed by atoms with Crippen molar-refractivity contribution >= 4 is 11.8 Å². The van der Waals surface area contributed by atoms with Gasteiger partial charge in [-0.25, -0.2) is 0 Å². The fraction of sp³-hybridized carbons (Fsp3) is 1.00. The Hall–Kier alpha value is 0.310. The molecule has 0 radical (unpaired) electrons. The summed E-state index contributed by atoms with van der Waals surface area (Å²) in [5, 5.41) is 3.47. The molecule has 9 heavy (non-hydrogen) atoms. The Balaban J connectivity index is 1.90. The van der Waals surface area contributed by atoms with Crippen molar-refractivity contribution in [1.29, 1.82) is 0 Å². The van der Waals surface area contributed by atoms with Gasteiger partial charge in [0, 0.05) is 6.04 Å². The fourth-order valence-electron chi connectivity index (χ4n) is 1.64. The molecule has 0 bridgehead atoms. The topological polar surface area (TPSA) is 12.0 Å². The van der Waals surface area contributed by atoms with E-state index in [1.807, 2.05) is 0 Å². The van der Waals surface area contributed by atoms with E-state index < -0.39 is 0 Å². The van der Waals surface area contributed by atoms with Crippen molar-refractivity contribution in [3.8, 4) is 0 Å². The molecule has 0 aromatic rings. The SMILES string of the molecule is C1CC2CNC2CCS1. The highest BCUT2D eigenvalue weighted by atomic mass is 32.2. The molecule has 2 aliphatic rings. The smallest absolute Gasteiger partial charge is 0.0116 e. The summed E-state index contributed by atoms with van der Waals surface area (Å²) in [7, 11) is 0. The van der Waals surface area contributed by atoms with E-state index in [-0.39, 0.29) is 0 Å². The first-order valence-electron chi connectivity index (χ1n) is 3.78. The molecule has 0 aliphatic carbocycles. The number of rotatable bonds is 0. The molecule has 0 amide bonds. The molecule has 2 fully saturated rings. The Labute approximate surface area is 60.6 Å². The number of hydrogen-bond donors (Lipinski definition) is 1. The summed E-state index contributed by atoms with van der Waals surface area (Å²) in [4.78, 5) is 0. The molecular formula is C7H13NS. The Kier molecular flexibility index (Phi) is 1.68. The van der Waals surface area contributed by atoms with Crippen LogP contribution in [0.3, 0.4) is 0 Å². The van der Waals surface area contributed by atoms with E-state index in [1.165, 1.54) is 30.9 Å². The molecule has 0 spiro atoms. The van der Waals surface area contributed by atoms with Gasteiger partial charge >= 0.3 is 0 Å². The Morgan fingerprint density at radius 3 is 2.89 bits per heavy atom. The summed E-state index contributed by atoms with van der Waals surface area (Å²) in [6.07, 6.45) is 2.87. The van der Waals surface area contributed by atoms with Crippen LogP contribution in [0.2, 0.25) is 0 Å². The molecule has 2 rings (SSSR count). The summed E-state index contributed by atoms with van der Waals surface area (Å²) in [6.45, 7) is 1.30. The Morgan fingerprint density at radius 1 is 1.22 bits per heavy atom. The van der Waals surface area contributed by atoms with Crippen LogP contribution in [0.4, 0.5) is 0 Å².